The Labute approximate surface area is 156 Å². The highest BCUT2D eigenvalue weighted by Gasteiger charge is 2.21. The highest BCUT2D eigenvalue weighted by molar-refractivity contribution is 5.76. The van der Waals surface area contributed by atoms with E-state index in [1.54, 1.807) is 6.20 Å². The number of nitrogens with zero attached hydrogens (tertiary/aromatic N) is 2. The summed E-state index contributed by atoms with van der Waals surface area (Å²) >= 11 is 0. The molecule has 2 amide bonds. The highest BCUT2D eigenvalue weighted by Crippen LogP contribution is 2.23. The minimum absolute atomic E-state index is 0.0320. The Kier molecular flexibility index (Phi) is 5.61. The van der Waals surface area contributed by atoms with E-state index in [4.69, 9.17) is 0 Å². The third-order valence-electron chi connectivity index (χ3n) is 5.14. The van der Waals surface area contributed by atoms with Crippen LogP contribution in [0.4, 0.5) is 10.5 Å². The van der Waals surface area contributed by atoms with Crippen molar-refractivity contribution in [2.75, 3.05) is 31.1 Å². The predicted octanol–water partition coefficient (Wildman–Crippen LogP) is 4.11. The molecule has 26 heavy (non-hydrogen) atoms. The van der Waals surface area contributed by atoms with Gasteiger partial charge in [-0.1, -0.05) is 36.4 Å². The van der Waals surface area contributed by atoms with Crippen LogP contribution in [0.3, 0.4) is 0 Å². The molecule has 0 bridgehead atoms. The first-order valence-corrected chi connectivity index (χ1v) is 9.15. The molecule has 4 heteroatoms. The number of hydrogen-bond acceptors (Lipinski definition) is 2. The van der Waals surface area contributed by atoms with E-state index < -0.39 is 0 Å². The van der Waals surface area contributed by atoms with Crippen LogP contribution in [-0.4, -0.2) is 37.1 Å². The Morgan fingerprint density at radius 1 is 0.923 bits per heavy atom. The van der Waals surface area contributed by atoms with Crippen molar-refractivity contribution in [2.45, 2.75) is 20.8 Å². The maximum absolute atomic E-state index is 12.4. The number of benzene rings is 2. The number of piperazine rings is 1. The first kappa shape index (κ1) is 18.1. The van der Waals surface area contributed by atoms with Crippen LogP contribution in [0.5, 0.6) is 0 Å². The number of nitrogens with one attached hydrogen (secondary N) is 1. The number of carbonyl (C=O) groups excluding carboxylic acids is 1. The van der Waals surface area contributed by atoms with Gasteiger partial charge in [-0.2, -0.15) is 0 Å². The van der Waals surface area contributed by atoms with Gasteiger partial charge in [-0.25, -0.2) is 4.79 Å². The molecule has 0 aromatic heterocycles. The average molecular weight is 349 g/mol. The fourth-order valence-electron chi connectivity index (χ4n) is 3.30. The number of hydrogen-bond donors (Lipinski definition) is 1. The number of carbonyl (C=O) groups is 1. The quantitative estimate of drug-likeness (QED) is 0.905. The van der Waals surface area contributed by atoms with E-state index in [9.17, 15) is 4.79 Å². The van der Waals surface area contributed by atoms with Gasteiger partial charge in [0.2, 0.25) is 0 Å². The molecular formula is C22H27N3O. The van der Waals surface area contributed by atoms with Crippen LogP contribution in [0.2, 0.25) is 0 Å². The van der Waals surface area contributed by atoms with Crippen LogP contribution in [0.1, 0.15) is 22.3 Å². The Hall–Kier alpha value is -2.75. The molecule has 0 aliphatic carbocycles. The molecule has 1 aliphatic heterocycles. The minimum atomic E-state index is -0.0320. The molecule has 2 aromatic carbocycles. The zero-order valence-corrected chi connectivity index (χ0v) is 15.8. The molecule has 1 N–H and O–H groups in total. The molecule has 1 heterocycles. The lowest BCUT2D eigenvalue weighted by Gasteiger charge is -2.36. The molecule has 0 unspecified atom stereocenters. The summed E-state index contributed by atoms with van der Waals surface area (Å²) in [6.07, 6.45) is 3.68. The Morgan fingerprint density at radius 2 is 1.62 bits per heavy atom. The van der Waals surface area contributed by atoms with Crippen LogP contribution in [0.25, 0.3) is 6.08 Å². The highest BCUT2D eigenvalue weighted by atomic mass is 16.2. The average Bonchev–Trinajstić information content (AvgIpc) is 2.65. The number of amides is 2. The molecular weight excluding hydrogens is 322 g/mol. The summed E-state index contributed by atoms with van der Waals surface area (Å²) in [5.74, 6) is 0. The molecule has 2 aromatic rings. The standard InChI is InChI=1S/C22H27N3O/c1-17-8-6-10-21(19(17)3)24-13-15-25(16-14-24)22(26)23-12-11-20-9-5-4-7-18(20)2/h4-12H,13-16H2,1-3H3,(H,23,26)/b12-11+. The van der Waals surface area contributed by atoms with Crippen molar-refractivity contribution in [3.8, 4) is 0 Å². The van der Waals surface area contributed by atoms with E-state index in [2.05, 4.69) is 55.3 Å². The van der Waals surface area contributed by atoms with Crippen molar-refractivity contribution < 1.29 is 4.79 Å². The van der Waals surface area contributed by atoms with Gasteiger partial charge in [0.1, 0.15) is 0 Å². The van der Waals surface area contributed by atoms with Crippen molar-refractivity contribution >= 4 is 17.8 Å². The fraction of sp³-hybridized carbons (Fsp3) is 0.318. The van der Waals surface area contributed by atoms with E-state index in [1.165, 1.54) is 22.4 Å². The SMILES string of the molecule is Cc1ccccc1/C=C/NC(=O)N1CCN(c2cccc(C)c2C)CC1. The van der Waals surface area contributed by atoms with Crippen LogP contribution >= 0.6 is 0 Å². The van der Waals surface area contributed by atoms with Gasteiger partial charge in [-0.3, -0.25) is 0 Å². The van der Waals surface area contributed by atoms with Gasteiger partial charge in [0, 0.05) is 38.1 Å². The van der Waals surface area contributed by atoms with Gasteiger partial charge in [0.25, 0.3) is 0 Å². The molecule has 3 rings (SSSR count). The lowest BCUT2D eigenvalue weighted by atomic mass is 10.1. The molecule has 0 spiro atoms. The summed E-state index contributed by atoms with van der Waals surface area (Å²) in [4.78, 5) is 16.6. The van der Waals surface area contributed by atoms with Gasteiger partial charge in [0.15, 0.2) is 0 Å². The van der Waals surface area contributed by atoms with Crippen molar-refractivity contribution in [2.24, 2.45) is 0 Å². The zero-order chi connectivity index (χ0) is 18.5. The van der Waals surface area contributed by atoms with Crippen molar-refractivity contribution in [3.05, 3.63) is 70.9 Å². The van der Waals surface area contributed by atoms with Gasteiger partial charge < -0.3 is 15.1 Å². The summed E-state index contributed by atoms with van der Waals surface area (Å²) in [6.45, 7) is 9.56. The van der Waals surface area contributed by atoms with Crippen molar-refractivity contribution in [1.82, 2.24) is 10.2 Å². The van der Waals surface area contributed by atoms with E-state index >= 15 is 0 Å². The van der Waals surface area contributed by atoms with Crippen molar-refractivity contribution in [3.63, 3.8) is 0 Å². The fourth-order valence-corrected chi connectivity index (χ4v) is 3.30. The maximum atomic E-state index is 12.4. The molecule has 1 aliphatic rings. The second-order valence-corrected chi connectivity index (χ2v) is 6.83. The molecule has 1 saturated heterocycles. The predicted molar refractivity (Wildman–Crippen MR) is 108 cm³/mol. The lowest BCUT2D eigenvalue weighted by Crippen LogP contribution is -2.51. The van der Waals surface area contributed by atoms with E-state index in [1.807, 2.05) is 29.2 Å². The molecule has 0 radical (unpaired) electrons. The number of rotatable bonds is 3. The topological polar surface area (TPSA) is 35.6 Å². The molecule has 0 saturated carbocycles. The van der Waals surface area contributed by atoms with Gasteiger partial charge >= 0.3 is 6.03 Å². The first-order valence-electron chi connectivity index (χ1n) is 9.15. The second kappa shape index (κ2) is 8.09. The normalized spacial score (nSPS) is 14.7. The van der Waals surface area contributed by atoms with E-state index in [-0.39, 0.29) is 6.03 Å². The largest absolute Gasteiger partial charge is 0.368 e. The van der Waals surface area contributed by atoms with Crippen LogP contribution in [0.15, 0.2) is 48.7 Å². The molecule has 0 atom stereocenters. The second-order valence-electron chi connectivity index (χ2n) is 6.83. The van der Waals surface area contributed by atoms with Crippen LogP contribution < -0.4 is 10.2 Å². The third-order valence-corrected chi connectivity index (χ3v) is 5.14. The molecule has 1 fully saturated rings. The minimum Gasteiger partial charge on any atom is -0.368 e. The maximum Gasteiger partial charge on any atom is 0.321 e. The van der Waals surface area contributed by atoms with Crippen LogP contribution in [0, 0.1) is 20.8 Å². The molecule has 4 nitrogen and oxygen atoms in total. The third kappa shape index (κ3) is 4.07. The summed E-state index contributed by atoms with van der Waals surface area (Å²) in [5.41, 5.74) is 6.23. The Bertz CT molecular complexity index is 805. The monoisotopic (exact) mass is 349 g/mol. The zero-order valence-electron chi connectivity index (χ0n) is 15.8. The summed E-state index contributed by atoms with van der Waals surface area (Å²) in [7, 11) is 0. The van der Waals surface area contributed by atoms with Crippen molar-refractivity contribution in [1.29, 1.82) is 0 Å². The smallest absolute Gasteiger partial charge is 0.321 e. The Morgan fingerprint density at radius 3 is 2.35 bits per heavy atom. The lowest BCUT2D eigenvalue weighted by molar-refractivity contribution is 0.198. The summed E-state index contributed by atoms with van der Waals surface area (Å²) < 4.78 is 0. The first-order chi connectivity index (χ1) is 12.6. The Balaban J connectivity index is 1.54. The summed E-state index contributed by atoms with van der Waals surface area (Å²) in [5, 5.41) is 2.89. The van der Waals surface area contributed by atoms with E-state index in [0.717, 1.165) is 31.7 Å². The van der Waals surface area contributed by atoms with Crippen LogP contribution in [-0.2, 0) is 0 Å². The van der Waals surface area contributed by atoms with Gasteiger partial charge in [-0.05, 0) is 55.2 Å². The van der Waals surface area contributed by atoms with Gasteiger partial charge in [-0.15, -0.1) is 0 Å². The summed E-state index contributed by atoms with van der Waals surface area (Å²) in [6, 6.07) is 14.5. The van der Waals surface area contributed by atoms with E-state index in [0.29, 0.717) is 0 Å². The number of aryl methyl sites for hydroxylation is 2. The van der Waals surface area contributed by atoms with Gasteiger partial charge in [0.05, 0.1) is 0 Å². The molecule has 136 valence electrons. The number of anilines is 1. The number of urea groups is 1.